The minimum Gasteiger partial charge on any atom is -0.449 e. The molecule has 196 valence electrons. The molecular formula is C25H37Na2O9P+2. The van der Waals surface area contributed by atoms with E-state index in [0.717, 1.165) is 25.7 Å². The van der Waals surface area contributed by atoms with Gasteiger partial charge in [-0.05, 0) is 80.0 Å². The van der Waals surface area contributed by atoms with Gasteiger partial charge in [-0.2, -0.15) is 0 Å². The summed E-state index contributed by atoms with van der Waals surface area (Å²) in [6, 6.07) is 0. The molecule has 10 atom stereocenters. The fraction of sp³-hybridized carbons (Fsp3) is 0.840. The molecule has 9 nitrogen and oxygen atoms in total. The molecule has 7 unspecified atom stereocenters. The first-order valence-electron chi connectivity index (χ1n) is 12.9. The van der Waals surface area contributed by atoms with E-state index in [1.54, 1.807) is 5.57 Å². The van der Waals surface area contributed by atoms with Gasteiger partial charge in [-0.1, -0.05) is 31.9 Å². The molecule has 0 spiro atoms. The topological polar surface area (TPSA) is 140 Å². The molecule has 1 aliphatic heterocycles. The van der Waals surface area contributed by atoms with E-state index in [4.69, 9.17) is 18.9 Å². The van der Waals surface area contributed by atoms with Crippen molar-refractivity contribution in [3.8, 4) is 0 Å². The Morgan fingerprint density at radius 2 is 1.84 bits per heavy atom. The van der Waals surface area contributed by atoms with Gasteiger partial charge in [-0.15, -0.1) is 0 Å². The van der Waals surface area contributed by atoms with Gasteiger partial charge in [0.15, 0.2) is 6.10 Å². The molecule has 1 heterocycles. The molecule has 0 aromatic heterocycles. The first-order chi connectivity index (χ1) is 16.5. The molecule has 0 radical (unpaired) electrons. The maximum absolute atomic E-state index is 12.9. The number of carbonyl (C=O) groups is 2. The van der Waals surface area contributed by atoms with E-state index >= 15 is 0 Å². The van der Waals surface area contributed by atoms with Gasteiger partial charge in [-0.3, -0.25) is 13.8 Å². The molecule has 4 aliphatic carbocycles. The minimum absolute atomic E-state index is 0. The number of ether oxygens (including phenoxy) is 1. The number of phosphoric ester groups is 1. The first-order valence-corrected chi connectivity index (χ1v) is 14.4. The summed E-state index contributed by atoms with van der Waals surface area (Å²) in [5, 5.41) is 18.7. The number of hydrogen-bond donors (Lipinski definition) is 3. The Balaban J connectivity index is 0.00000190. The maximum Gasteiger partial charge on any atom is 1.00 e. The number of cyclic esters (lactones) is 1. The third-order valence-electron chi connectivity index (χ3n) is 9.96. The molecule has 0 aromatic carbocycles. The number of fused-ring (bicyclic) bond motifs is 5. The fourth-order valence-corrected chi connectivity index (χ4v) is 9.29. The summed E-state index contributed by atoms with van der Waals surface area (Å²) in [4.78, 5) is 35.0. The number of rotatable bonds is 6. The number of aliphatic hydroxyl groups is 2. The van der Waals surface area contributed by atoms with Crippen LogP contribution >= 0.6 is 7.82 Å². The molecule has 3 N–H and O–H groups in total. The molecule has 1 saturated heterocycles. The molecule has 5 aliphatic rings. The SMILES string of the molecule is C[C@]12CCCCC1=CCC1C2CC[C@@]2(C)C1CC[C@@H]2OP(=O)(O)OC1C(=O)OC(C(O)CO)C1=O.[Na+].[Na+]. The Hall–Kier alpha value is 0.910. The Morgan fingerprint density at radius 3 is 2.54 bits per heavy atom. The van der Waals surface area contributed by atoms with E-state index in [2.05, 4.69) is 19.9 Å². The van der Waals surface area contributed by atoms with Crippen molar-refractivity contribution in [1.29, 1.82) is 0 Å². The van der Waals surface area contributed by atoms with Crippen LogP contribution in [0.3, 0.4) is 0 Å². The number of aliphatic hydroxyl groups excluding tert-OH is 2. The van der Waals surface area contributed by atoms with Crippen LogP contribution in [-0.4, -0.2) is 57.9 Å². The van der Waals surface area contributed by atoms with Crippen molar-refractivity contribution in [3.63, 3.8) is 0 Å². The van der Waals surface area contributed by atoms with E-state index < -0.39 is 50.6 Å². The predicted molar refractivity (Wildman–Crippen MR) is 124 cm³/mol. The number of ketones is 1. The summed E-state index contributed by atoms with van der Waals surface area (Å²) in [6.07, 6.45) is 6.21. The molecule has 12 heteroatoms. The monoisotopic (exact) mass is 558 g/mol. The maximum atomic E-state index is 12.9. The standard InChI is InChI=1S/C25H37O9P.2Na/c1-24-11-4-3-5-14(24)6-7-15-16-8-9-19(25(16,2)12-10-17(15)24)33-35(30,31)34-22-20(28)21(18(27)13-26)32-23(22)29;;/h6,15-19,21-22,26-27H,3-5,7-13H2,1-2H3,(H,30,31);;/q;2*+1/t15?,16?,17?,18?,19-,21?,22?,24-,25-;;/m0../s1. The second-order valence-corrected chi connectivity index (χ2v) is 13.0. The van der Waals surface area contributed by atoms with Crippen molar-refractivity contribution in [2.75, 3.05) is 6.61 Å². The molecule has 0 bridgehead atoms. The molecular weight excluding hydrogens is 521 g/mol. The number of carbonyl (C=O) groups excluding carboxylic acids is 2. The van der Waals surface area contributed by atoms with Crippen molar-refractivity contribution in [2.45, 2.75) is 96.1 Å². The van der Waals surface area contributed by atoms with Crippen LogP contribution in [0.25, 0.3) is 0 Å². The van der Waals surface area contributed by atoms with Crippen LogP contribution in [-0.2, 0) is 27.9 Å². The van der Waals surface area contributed by atoms with Gasteiger partial charge in [0, 0.05) is 0 Å². The van der Waals surface area contributed by atoms with Gasteiger partial charge in [0.05, 0.1) is 12.7 Å². The van der Waals surface area contributed by atoms with Crippen LogP contribution in [0.5, 0.6) is 0 Å². The van der Waals surface area contributed by atoms with Gasteiger partial charge in [0.25, 0.3) is 0 Å². The molecule has 3 saturated carbocycles. The van der Waals surface area contributed by atoms with E-state index in [-0.39, 0.29) is 69.9 Å². The molecule has 0 aromatic rings. The second-order valence-electron chi connectivity index (χ2n) is 11.6. The van der Waals surface area contributed by atoms with Gasteiger partial charge in [0.2, 0.25) is 11.9 Å². The zero-order valence-corrected chi connectivity index (χ0v) is 27.3. The van der Waals surface area contributed by atoms with Gasteiger partial charge in [-0.25, -0.2) is 9.36 Å². The van der Waals surface area contributed by atoms with E-state index in [1.165, 1.54) is 25.7 Å². The van der Waals surface area contributed by atoms with E-state index in [1.807, 2.05) is 0 Å². The Kier molecular flexibility index (Phi) is 10.5. The summed E-state index contributed by atoms with van der Waals surface area (Å²) >= 11 is 0. The van der Waals surface area contributed by atoms with Crippen LogP contribution in [0.15, 0.2) is 11.6 Å². The third-order valence-corrected chi connectivity index (χ3v) is 11.0. The van der Waals surface area contributed by atoms with Crippen LogP contribution in [0, 0.1) is 28.6 Å². The van der Waals surface area contributed by atoms with Crippen molar-refractivity contribution < 1.29 is 102 Å². The quantitative estimate of drug-likeness (QED) is 0.103. The summed E-state index contributed by atoms with van der Waals surface area (Å²) in [7, 11) is -4.79. The average Bonchev–Trinajstić information content (AvgIpc) is 3.28. The van der Waals surface area contributed by atoms with Crippen molar-refractivity contribution in [2.24, 2.45) is 28.6 Å². The number of esters is 1. The number of Topliss-reactive ketones (excluding diaryl/α,β-unsaturated/α-hetero) is 1. The van der Waals surface area contributed by atoms with Crippen LogP contribution in [0.2, 0.25) is 0 Å². The number of allylic oxidation sites excluding steroid dienone is 2. The van der Waals surface area contributed by atoms with Crippen LogP contribution < -0.4 is 59.1 Å². The third kappa shape index (κ3) is 5.69. The zero-order valence-electron chi connectivity index (χ0n) is 22.4. The van der Waals surface area contributed by atoms with Crippen LogP contribution in [0.4, 0.5) is 0 Å². The smallest absolute Gasteiger partial charge is 0.449 e. The second kappa shape index (κ2) is 12.0. The predicted octanol–water partition coefficient (Wildman–Crippen LogP) is -2.93. The summed E-state index contributed by atoms with van der Waals surface area (Å²) in [5.74, 6) is -0.675. The number of hydrogen-bond acceptors (Lipinski definition) is 8. The minimum atomic E-state index is -4.79. The first kappa shape index (κ1) is 32.4. The normalized spacial score (nSPS) is 43.1. The molecule has 5 rings (SSSR count). The summed E-state index contributed by atoms with van der Waals surface area (Å²) < 4.78 is 28.3. The van der Waals surface area contributed by atoms with Gasteiger partial charge in [0.1, 0.15) is 6.10 Å². The largest absolute Gasteiger partial charge is 1.00 e. The number of phosphoric acid groups is 1. The fourth-order valence-electron chi connectivity index (χ4n) is 8.11. The summed E-state index contributed by atoms with van der Waals surface area (Å²) in [6.45, 7) is 3.77. The van der Waals surface area contributed by atoms with Crippen molar-refractivity contribution >= 4 is 19.6 Å². The molecule has 37 heavy (non-hydrogen) atoms. The van der Waals surface area contributed by atoms with Crippen molar-refractivity contribution in [3.05, 3.63) is 11.6 Å². The van der Waals surface area contributed by atoms with E-state index in [9.17, 15) is 24.2 Å². The van der Waals surface area contributed by atoms with Gasteiger partial charge >= 0.3 is 72.9 Å². The average molecular weight is 559 g/mol. The van der Waals surface area contributed by atoms with Crippen molar-refractivity contribution in [1.82, 2.24) is 0 Å². The Bertz CT molecular complexity index is 976. The van der Waals surface area contributed by atoms with Gasteiger partial charge < -0.3 is 19.8 Å². The Morgan fingerprint density at radius 1 is 1.11 bits per heavy atom. The summed E-state index contributed by atoms with van der Waals surface area (Å²) in [5.41, 5.74) is 1.59. The Labute approximate surface area is 262 Å². The zero-order chi connectivity index (χ0) is 25.2. The van der Waals surface area contributed by atoms with E-state index in [0.29, 0.717) is 24.2 Å². The molecule has 0 amide bonds. The molecule has 4 fully saturated rings. The van der Waals surface area contributed by atoms with Crippen LogP contribution in [0.1, 0.15) is 71.6 Å².